The van der Waals surface area contributed by atoms with E-state index in [9.17, 15) is 0 Å². The van der Waals surface area contributed by atoms with Crippen molar-refractivity contribution in [1.29, 1.82) is 0 Å². The van der Waals surface area contributed by atoms with Crippen LogP contribution in [0, 0.1) is 13.8 Å². The molecule has 0 spiro atoms. The summed E-state index contributed by atoms with van der Waals surface area (Å²) in [5.41, 5.74) is 10.3. The molecule has 2 fully saturated rings. The summed E-state index contributed by atoms with van der Waals surface area (Å²) in [6.45, 7) is 13.9. The monoisotopic (exact) mass is 746 g/mol. The van der Waals surface area contributed by atoms with E-state index in [4.69, 9.17) is 23.2 Å². The average Bonchev–Trinajstić information content (AvgIpc) is 3.38. The largest absolute Gasteiger partial charge is 0.379 e. The molecule has 4 aromatic rings. The number of aryl methyl sites for hydroxylation is 2. The molecule has 4 atom stereocenters. The summed E-state index contributed by atoms with van der Waals surface area (Å²) in [7, 11) is 0. The number of hydrogen-bond donors (Lipinski definition) is 1. The van der Waals surface area contributed by atoms with Crippen molar-refractivity contribution in [2.24, 2.45) is 0 Å². The number of rotatable bonds is 1. The van der Waals surface area contributed by atoms with E-state index in [1.54, 1.807) is 0 Å². The van der Waals surface area contributed by atoms with Crippen molar-refractivity contribution in [1.82, 2.24) is 0 Å². The third-order valence-electron chi connectivity index (χ3n) is 12.1. The number of para-hydroxylation sites is 2. The molecule has 0 aromatic heterocycles. The third-order valence-corrected chi connectivity index (χ3v) is 13.0. The molecule has 5 heteroatoms. The topological polar surface area (TPSA) is 15.3 Å². The highest BCUT2D eigenvalue weighted by molar-refractivity contribution is 9.10. The van der Waals surface area contributed by atoms with E-state index >= 15 is 0 Å². The molecule has 0 amide bonds. The second-order valence-electron chi connectivity index (χ2n) is 15.1. The van der Waals surface area contributed by atoms with Crippen molar-refractivity contribution >= 4 is 56.2 Å². The summed E-state index contributed by atoms with van der Waals surface area (Å²) in [6, 6.07) is 30.0. The molecule has 1 N–H and O–H groups in total. The lowest BCUT2D eigenvalue weighted by atomic mass is 9.61. The zero-order chi connectivity index (χ0) is 33.6. The Morgan fingerprint density at radius 3 is 1.88 bits per heavy atom. The van der Waals surface area contributed by atoms with Crippen molar-refractivity contribution in [3.63, 3.8) is 0 Å². The van der Waals surface area contributed by atoms with Gasteiger partial charge in [0.05, 0.1) is 5.54 Å². The molecule has 2 nitrogen and oxygen atoms in total. The van der Waals surface area contributed by atoms with Gasteiger partial charge >= 0.3 is 0 Å². The molecule has 2 saturated carbocycles. The van der Waals surface area contributed by atoms with E-state index in [-0.39, 0.29) is 23.9 Å². The maximum Gasteiger partial charge on any atom is 0.0517 e. The molecule has 2 aliphatic heterocycles. The first-order valence-electron chi connectivity index (χ1n) is 17.3. The van der Waals surface area contributed by atoms with E-state index < -0.39 is 0 Å². The Bertz CT molecular complexity index is 1700. The number of anilines is 3. The third kappa shape index (κ3) is 6.45. The fraction of sp³-hybridized carbons (Fsp3) is 0.442. The van der Waals surface area contributed by atoms with E-state index in [1.807, 2.05) is 31.2 Å². The summed E-state index contributed by atoms with van der Waals surface area (Å²) in [6.07, 6.45) is 10.5. The van der Waals surface area contributed by atoms with Crippen molar-refractivity contribution in [3.05, 3.63) is 122 Å². The van der Waals surface area contributed by atoms with Crippen LogP contribution < -0.4 is 10.2 Å². The second-order valence-corrected chi connectivity index (χ2v) is 16.9. The molecular weight excluding hydrogens is 695 g/mol. The first-order chi connectivity index (χ1) is 22.3. The predicted molar refractivity (Wildman–Crippen MR) is 214 cm³/mol. The Balaban J connectivity index is 0.000000155. The quantitative estimate of drug-likeness (QED) is 0.209. The normalized spacial score (nSPS) is 27.7. The average molecular weight is 749 g/mol. The minimum Gasteiger partial charge on any atom is -0.379 e. The van der Waals surface area contributed by atoms with Crippen LogP contribution >= 0.6 is 39.1 Å². The molecule has 0 saturated heterocycles. The van der Waals surface area contributed by atoms with Gasteiger partial charge in [0, 0.05) is 47.9 Å². The van der Waals surface area contributed by atoms with Gasteiger partial charge in [0.15, 0.2) is 0 Å². The summed E-state index contributed by atoms with van der Waals surface area (Å²) in [5, 5.41) is 5.36. The standard InChI is InChI=1S/C21H24ClN.C14H19N.C7H6BrCl.CH4/c1-15-12-16(22)14-17(13-15)23-19-9-5-4-8-18(19)20(2)10-6-7-11-21(20,23)3;1-13-9-5-6-10-14(13,2)15-12-8-4-3-7-11(12)13;1-5-2-6(8)4-7(9)3-5;/h4-5,8-9,12-14H,6-7,10-11H2,1-3H3;3-4,7-8,15H,5-6,9-10H2,1-2H3;2-4H,1H3;1H4. The molecule has 8 rings (SSSR count). The molecule has 48 heavy (non-hydrogen) atoms. The van der Waals surface area contributed by atoms with Gasteiger partial charge in [0.2, 0.25) is 0 Å². The number of fused-ring (bicyclic) bond motifs is 6. The van der Waals surface area contributed by atoms with E-state index in [2.05, 4.69) is 121 Å². The van der Waals surface area contributed by atoms with E-state index in [0.29, 0.717) is 5.41 Å². The van der Waals surface area contributed by atoms with E-state index in [1.165, 1.54) is 90.7 Å². The predicted octanol–water partition coefficient (Wildman–Crippen LogP) is 14.1. The Morgan fingerprint density at radius 2 is 1.21 bits per heavy atom. The van der Waals surface area contributed by atoms with Crippen LogP contribution in [-0.2, 0) is 10.8 Å². The van der Waals surface area contributed by atoms with Crippen molar-refractivity contribution in [2.45, 2.75) is 122 Å². The molecule has 0 bridgehead atoms. The molecule has 4 aromatic carbocycles. The fourth-order valence-electron chi connectivity index (χ4n) is 9.15. The molecule has 0 radical (unpaired) electrons. The molecule has 4 unspecified atom stereocenters. The summed E-state index contributed by atoms with van der Waals surface area (Å²) in [4.78, 5) is 2.57. The van der Waals surface area contributed by atoms with Crippen LogP contribution in [0.1, 0.15) is 109 Å². The van der Waals surface area contributed by atoms with Gasteiger partial charge < -0.3 is 10.2 Å². The molecule has 4 aliphatic rings. The number of nitrogens with one attached hydrogen (secondary N) is 1. The van der Waals surface area contributed by atoms with Crippen molar-refractivity contribution < 1.29 is 0 Å². The van der Waals surface area contributed by atoms with Crippen LogP contribution in [-0.4, -0.2) is 11.1 Å². The first kappa shape index (κ1) is 36.8. The second kappa shape index (κ2) is 14.0. The van der Waals surface area contributed by atoms with Crippen LogP contribution in [0.5, 0.6) is 0 Å². The van der Waals surface area contributed by atoms with Crippen LogP contribution in [0.25, 0.3) is 0 Å². The highest BCUT2D eigenvalue weighted by atomic mass is 79.9. The maximum absolute atomic E-state index is 6.38. The number of hydrogen-bond acceptors (Lipinski definition) is 2. The number of halogens is 3. The van der Waals surface area contributed by atoms with Gasteiger partial charge in [-0.2, -0.15) is 0 Å². The summed E-state index contributed by atoms with van der Waals surface area (Å²) < 4.78 is 1.03. The lowest BCUT2D eigenvalue weighted by Gasteiger charge is -2.50. The maximum atomic E-state index is 6.38. The minimum atomic E-state index is 0. The zero-order valence-corrected chi connectivity index (χ0v) is 31.9. The lowest BCUT2D eigenvalue weighted by Crippen LogP contribution is -2.54. The van der Waals surface area contributed by atoms with Crippen LogP contribution in [0.4, 0.5) is 17.1 Å². The van der Waals surface area contributed by atoms with Gasteiger partial charge in [0.1, 0.15) is 0 Å². The van der Waals surface area contributed by atoms with Gasteiger partial charge in [0.25, 0.3) is 0 Å². The highest BCUT2D eigenvalue weighted by Crippen LogP contribution is 2.61. The van der Waals surface area contributed by atoms with Crippen molar-refractivity contribution in [2.75, 3.05) is 10.2 Å². The first-order valence-corrected chi connectivity index (χ1v) is 18.8. The number of nitrogens with zero attached hydrogens (tertiary/aromatic N) is 1. The van der Waals surface area contributed by atoms with Gasteiger partial charge in [-0.25, -0.2) is 0 Å². The van der Waals surface area contributed by atoms with Gasteiger partial charge in [-0.05, 0) is 124 Å². The van der Waals surface area contributed by atoms with Gasteiger partial charge in [-0.15, -0.1) is 0 Å². The molecule has 2 aliphatic carbocycles. The summed E-state index contributed by atoms with van der Waals surface area (Å²) >= 11 is 15.4. The van der Waals surface area contributed by atoms with Crippen molar-refractivity contribution in [3.8, 4) is 0 Å². The molecule has 256 valence electrons. The minimum absolute atomic E-state index is 0. The Kier molecular flexibility index (Phi) is 10.8. The highest BCUT2D eigenvalue weighted by Gasteiger charge is 2.57. The Hall–Kier alpha value is -2.46. The fourth-order valence-corrected chi connectivity index (χ4v) is 10.5. The molecule has 2 heterocycles. The molecular formula is C43H53BrCl2N2. The number of benzene rings is 4. The zero-order valence-electron chi connectivity index (χ0n) is 28.8. The van der Waals surface area contributed by atoms with E-state index in [0.717, 1.165) is 14.5 Å². The lowest BCUT2D eigenvalue weighted by molar-refractivity contribution is 0.195. The Morgan fingerprint density at radius 1 is 0.646 bits per heavy atom. The van der Waals surface area contributed by atoms with Crippen LogP contribution in [0.15, 0.2) is 89.4 Å². The van der Waals surface area contributed by atoms with Gasteiger partial charge in [-0.1, -0.05) is 122 Å². The van der Waals surface area contributed by atoms with Crippen LogP contribution in [0.2, 0.25) is 10.0 Å². The smallest absolute Gasteiger partial charge is 0.0517 e. The SMILES string of the molecule is C.CC12CCCCC1(C)c1ccccc1N2.Cc1cc(Cl)cc(Br)c1.Cc1cc(Cl)cc(N2c3ccccc3C3(C)CCCCC23C)c1. The van der Waals surface area contributed by atoms with Gasteiger partial charge in [-0.3, -0.25) is 0 Å². The van der Waals surface area contributed by atoms with Crippen LogP contribution in [0.3, 0.4) is 0 Å². The Labute approximate surface area is 308 Å². The summed E-state index contributed by atoms with van der Waals surface area (Å²) in [5.74, 6) is 0.